The van der Waals surface area contributed by atoms with E-state index in [1.165, 1.54) is 12.1 Å². The SMILES string of the molecule is CCC(C)(C)CNC(=O)c1ccc(C#CCN)cc1F. The van der Waals surface area contributed by atoms with Gasteiger partial charge in [-0.3, -0.25) is 4.79 Å². The van der Waals surface area contributed by atoms with Crippen LogP contribution in [0.15, 0.2) is 18.2 Å². The molecule has 0 aliphatic carbocycles. The maximum absolute atomic E-state index is 13.9. The number of rotatable bonds is 4. The average Bonchev–Trinajstić information content (AvgIpc) is 2.42. The number of amides is 1. The van der Waals surface area contributed by atoms with Crippen molar-refractivity contribution in [1.29, 1.82) is 0 Å². The van der Waals surface area contributed by atoms with E-state index >= 15 is 0 Å². The zero-order chi connectivity index (χ0) is 15.2. The number of hydrogen-bond donors (Lipinski definition) is 2. The Labute approximate surface area is 119 Å². The van der Waals surface area contributed by atoms with Gasteiger partial charge in [0.1, 0.15) is 5.82 Å². The van der Waals surface area contributed by atoms with Gasteiger partial charge in [0.15, 0.2) is 0 Å². The average molecular weight is 276 g/mol. The van der Waals surface area contributed by atoms with E-state index in [1.807, 2.05) is 0 Å². The number of halogens is 1. The third kappa shape index (κ3) is 4.67. The fourth-order valence-electron chi connectivity index (χ4n) is 1.47. The summed E-state index contributed by atoms with van der Waals surface area (Å²) in [6.45, 7) is 6.88. The van der Waals surface area contributed by atoms with Gasteiger partial charge in [-0.1, -0.05) is 32.6 Å². The quantitative estimate of drug-likeness (QED) is 0.829. The minimum atomic E-state index is -0.569. The van der Waals surface area contributed by atoms with E-state index in [9.17, 15) is 9.18 Å². The molecule has 1 amide bonds. The van der Waals surface area contributed by atoms with Crippen molar-refractivity contribution < 1.29 is 9.18 Å². The molecule has 0 radical (unpaired) electrons. The summed E-state index contributed by atoms with van der Waals surface area (Å²) in [6, 6.07) is 4.32. The largest absolute Gasteiger partial charge is 0.351 e. The van der Waals surface area contributed by atoms with E-state index in [2.05, 4.69) is 37.9 Å². The maximum atomic E-state index is 13.9. The van der Waals surface area contributed by atoms with E-state index in [4.69, 9.17) is 5.73 Å². The Balaban J connectivity index is 2.79. The summed E-state index contributed by atoms with van der Waals surface area (Å²) in [5.41, 5.74) is 5.80. The second kappa shape index (κ2) is 7.06. The molecule has 0 bridgehead atoms. The first-order valence-electron chi connectivity index (χ1n) is 6.66. The number of nitrogens with two attached hydrogens (primary N) is 1. The summed E-state index contributed by atoms with van der Waals surface area (Å²) in [7, 11) is 0. The second-order valence-corrected chi connectivity index (χ2v) is 5.40. The summed E-state index contributed by atoms with van der Waals surface area (Å²) >= 11 is 0. The molecule has 0 heterocycles. The predicted octanol–water partition coefficient (Wildman–Crippen LogP) is 2.30. The lowest BCUT2D eigenvalue weighted by atomic mass is 9.90. The highest BCUT2D eigenvalue weighted by Gasteiger charge is 2.18. The van der Waals surface area contributed by atoms with Gasteiger partial charge in [0.05, 0.1) is 12.1 Å². The van der Waals surface area contributed by atoms with Gasteiger partial charge in [0.2, 0.25) is 0 Å². The molecule has 108 valence electrons. The van der Waals surface area contributed by atoms with Gasteiger partial charge in [-0.25, -0.2) is 4.39 Å². The van der Waals surface area contributed by atoms with Gasteiger partial charge in [0, 0.05) is 12.1 Å². The molecule has 1 aromatic carbocycles. The van der Waals surface area contributed by atoms with Crippen LogP contribution in [0, 0.1) is 23.1 Å². The zero-order valence-electron chi connectivity index (χ0n) is 12.2. The van der Waals surface area contributed by atoms with Crippen LogP contribution >= 0.6 is 0 Å². The van der Waals surface area contributed by atoms with Gasteiger partial charge in [0.25, 0.3) is 5.91 Å². The Bertz CT molecular complexity index is 541. The fraction of sp³-hybridized carbons (Fsp3) is 0.438. The van der Waals surface area contributed by atoms with Gasteiger partial charge in [-0.2, -0.15) is 0 Å². The van der Waals surface area contributed by atoms with Crippen LogP contribution < -0.4 is 11.1 Å². The number of nitrogens with one attached hydrogen (secondary N) is 1. The summed E-state index contributed by atoms with van der Waals surface area (Å²) in [5.74, 6) is 4.40. The monoisotopic (exact) mass is 276 g/mol. The van der Waals surface area contributed by atoms with Crippen LogP contribution in [0.3, 0.4) is 0 Å². The molecule has 4 heteroatoms. The topological polar surface area (TPSA) is 55.1 Å². The van der Waals surface area contributed by atoms with E-state index in [0.29, 0.717) is 12.1 Å². The number of carbonyl (C=O) groups excluding carboxylic acids is 1. The fourth-order valence-corrected chi connectivity index (χ4v) is 1.47. The van der Waals surface area contributed by atoms with Crippen molar-refractivity contribution >= 4 is 5.91 Å². The number of benzene rings is 1. The minimum Gasteiger partial charge on any atom is -0.351 e. The molecular formula is C16H21FN2O. The summed E-state index contributed by atoms with van der Waals surface area (Å²) in [5, 5.41) is 2.76. The van der Waals surface area contributed by atoms with Crippen LogP contribution in [0.25, 0.3) is 0 Å². The zero-order valence-corrected chi connectivity index (χ0v) is 12.2. The molecule has 0 aromatic heterocycles. The molecule has 1 rings (SSSR count). The van der Waals surface area contributed by atoms with Crippen LogP contribution in [0.2, 0.25) is 0 Å². The lowest BCUT2D eigenvalue weighted by molar-refractivity contribution is 0.0931. The smallest absolute Gasteiger partial charge is 0.254 e. The molecule has 3 N–H and O–H groups in total. The Morgan fingerprint density at radius 3 is 2.70 bits per heavy atom. The summed E-state index contributed by atoms with van der Waals surface area (Å²) in [6.07, 6.45) is 0.934. The van der Waals surface area contributed by atoms with Crippen LogP contribution in [-0.4, -0.2) is 19.0 Å². The molecule has 3 nitrogen and oxygen atoms in total. The summed E-state index contributed by atoms with van der Waals surface area (Å²) in [4.78, 5) is 11.9. The minimum absolute atomic E-state index is 0.00131. The van der Waals surface area contributed by atoms with Crippen LogP contribution in [0.1, 0.15) is 43.1 Å². The first kappa shape index (κ1) is 16.2. The molecule has 0 saturated heterocycles. The van der Waals surface area contributed by atoms with Crippen LogP contribution in [0.5, 0.6) is 0 Å². The number of hydrogen-bond acceptors (Lipinski definition) is 2. The number of carbonyl (C=O) groups is 1. The van der Waals surface area contributed by atoms with Crippen molar-refractivity contribution in [2.75, 3.05) is 13.1 Å². The van der Waals surface area contributed by atoms with Crippen molar-refractivity contribution in [3.63, 3.8) is 0 Å². The lowest BCUT2D eigenvalue weighted by Gasteiger charge is -2.22. The second-order valence-electron chi connectivity index (χ2n) is 5.40. The maximum Gasteiger partial charge on any atom is 0.254 e. The van der Waals surface area contributed by atoms with E-state index < -0.39 is 11.7 Å². The molecule has 0 fully saturated rings. The molecular weight excluding hydrogens is 255 g/mol. The molecule has 0 aliphatic rings. The molecule has 0 unspecified atom stereocenters. The third-order valence-corrected chi connectivity index (χ3v) is 3.23. The molecule has 0 saturated carbocycles. The highest BCUT2D eigenvalue weighted by Crippen LogP contribution is 2.18. The van der Waals surface area contributed by atoms with Crippen LogP contribution in [0.4, 0.5) is 4.39 Å². The Morgan fingerprint density at radius 2 is 2.15 bits per heavy atom. The van der Waals surface area contributed by atoms with E-state index in [-0.39, 0.29) is 17.5 Å². The van der Waals surface area contributed by atoms with Crippen molar-refractivity contribution in [3.8, 4) is 11.8 Å². The van der Waals surface area contributed by atoms with E-state index in [0.717, 1.165) is 6.42 Å². The van der Waals surface area contributed by atoms with Gasteiger partial charge >= 0.3 is 0 Å². The normalized spacial score (nSPS) is 10.7. The Morgan fingerprint density at radius 1 is 1.45 bits per heavy atom. The van der Waals surface area contributed by atoms with Crippen molar-refractivity contribution in [1.82, 2.24) is 5.32 Å². The molecule has 0 spiro atoms. The van der Waals surface area contributed by atoms with Crippen LogP contribution in [-0.2, 0) is 0 Å². The van der Waals surface area contributed by atoms with Gasteiger partial charge < -0.3 is 11.1 Å². The Kier molecular flexibility index (Phi) is 5.72. The summed E-state index contributed by atoms with van der Waals surface area (Å²) < 4.78 is 13.9. The van der Waals surface area contributed by atoms with Crippen molar-refractivity contribution in [2.45, 2.75) is 27.2 Å². The molecule has 20 heavy (non-hydrogen) atoms. The molecule has 0 atom stereocenters. The van der Waals surface area contributed by atoms with E-state index in [1.54, 1.807) is 6.07 Å². The third-order valence-electron chi connectivity index (χ3n) is 3.23. The standard InChI is InChI=1S/C16H21FN2O/c1-4-16(2,3)11-19-15(20)13-8-7-12(6-5-9-18)10-14(13)17/h7-8,10H,4,9,11,18H2,1-3H3,(H,19,20). The van der Waals surface area contributed by atoms with Gasteiger partial charge in [-0.15, -0.1) is 0 Å². The first-order chi connectivity index (χ1) is 9.39. The predicted molar refractivity (Wildman–Crippen MR) is 78.7 cm³/mol. The highest BCUT2D eigenvalue weighted by atomic mass is 19.1. The first-order valence-corrected chi connectivity index (χ1v) is 6.66. The van der Waals surface area contributed by atoms with Gasteiger partial charge in [-0.05, 0) is 30.0 Å². The lowest BCUT2D eigenvalue weighted by Crippen LogP contribution is -2.34. The van der Waals surface area contributed by atoms with Crippen molar-refractivity contribution in [3.05, 3.63) is 35.1 Å². The Hall–Kier alpha value is -1.86. The molecule has 1 aromatic rings. The van der Waals surface area contributed by atoms with Crippen molar-refractivity contribution in [2.24, 2.45) is 11.1 Å². The highest BCUT2D eigenvalue weighted by molar-refractivity contribution is 5.94. The molecule has 0 aliphatic heterocycles.